The Morgan fingerprint density at radius 2 is 1.87 bits per heavy atom. The first-order chi connectivity index (χ1) is 7.43. The molecule has 72 valence electrons. The fourth-order valence-electron chi connectivity index (χ4n) is 1.41. The van der Waals surface area contributed by atoms with Gasteiger partial charge >= 0.3 is 0 Å². The molecule has 15 heavy (non-hydrogen) atoms. The van der Waals surface area contributed by atoms with Crippen molar-refractivity contribution < 1.29 is 0 Å². The smallest absolute Gasteiger partial charge is 0.177 e. The maximum Gasteiger partial charge on any atom is 0.177 e. The second-order valence-corrected chi connectivity index (χ2v) is 3.09. The number of rotatable bonds is 1. The van der Waals surface area contributed by atoms with Gasteiger partial charge in [0, 0.05) is 18.0 Å². The maximum absolute atomic E-state index is 4.37. The molecule has 5 heteroatoms. The number of hydrogen-bond donors (Lipinski definition) is 0. The Hall–Kier alpha value is -2.30. The van der Waals surface area contributed by atoms with E-state index in [1.807, 2.05) is 24.3 Å². The summed E-state index contributed by atoms with van der Waals surface area (Å²) in [5.74, 6) is 0. The van der Waals surface area contributed by atoms with Crippen LogP contribution in [-0.2, 0) is 0 Å². The molecule has 3 aromatic rings. The van der Waals surface area contributed by atoms with Gasteiger partial charge in [-0.2, -0.15) is 9.61 Å². The van der Waals surface area contributed by atoms with E-state index in [9.17, 15) is 0 Å². The van der Waals surface area contributed by atoms with Crippen LogP contribution in [0.25, 0.3) is 16.9 Å². The predicted octanol–water partition coefficient (Wildman–Crippen LogP) is 1.19. The zero-order chi connectivity index (χ0) is 10.1. The highest BCUT2D eigenvalue weighted by atomic mass is 15.3. The van der Waals surface area contributed by atoms with Gasteiger partial charge in [0.2, 0.25) is 0 Å². The molecule has 0 aromatic carbocycles. The molecule has 3 rings (SSSR count). The number of aromatic nitrogens is 5. The van der Waals surface area contributed by atoms with Gasteiger partial charge in [-0.1, -0.05) is 0 Å². The lowest BCUT2D eigenvalue weighted by atomic mass is 10.2. The molecular formula is C10H7N5. The lowest BCUT2D eigenvalue weighted by Crippen LogP contribution is -1.92. The third-order valence-electron chi connectivity index (χ3n) is 2.14. The van der Waals surface area contributed by atoms with Crippen LogP contribution in [0.2, 0.25) is 0 Å². The van der Waals surface area contributed by atoms with Gasteiger partial charge in [-0.3, -0.25) is 4.98 Å². The zero-order valence-electron chi connectivity index (χ0n) is 7.78. The molecule has 0 spiro atoms. The SMILES string of the molecule is c1cc(-c2ccc3nncn3n2)ccn1. The fourth-order valence-corrected chi connectivity index (χ4v) is 1.41. The van der Waals surface area contributed by atoms with Crippen molar-refractivity contribution in [2.75, 3.05) is 0 Å². The summed E-state index contributed by atoms with van der Waals surface area (Å²) in [7, 11) is 0. The Labute approximate surface area is 85.4 Å². The van der Waals surface area contributed by atoms with E-state index >= 15 is 0 Å². The quantitative estimate of drug-likeness (QED) is 0.588. The molecule has 0 aliphatic rings. The van der Waals surface area contributed by atoms with E-state index in [0.717, 1.165) is 16.9 Å². The highest BCUT2D eigenvalue weighted by Gasteiger charge is 2.01. The van der Waals surface area contributed by atoms with E-state index in [1.165, 1.54) is 0 Å². The Bertz CT molecular complexity index is 587. The van der Waals surface area contributed by atoms with E-state index in [-0.39, 0.29) is 0 Å². The van der Waals surface area contributed by atoms with Crippen molar-refractivity contribution >= 4 is 5.65 Å². The van der Waals surface area contributed by atoms with E-state index in [0.29, 0.717) is 0 Å². The molecule has 0 unspecified atom stereocenters. The lowest BCUT2D eigenvalue weighted by molar-refractivity contribution is 0.932. The van der Waals surface area contributed by atoms with Crippen LogP contribution in [0.1, 0.15) is 0 Å². The van der Waals surface area contributed by atoms with E-state index in [1.54, 1.807) is 23.2 Å². The second-order valence-electron chi connectivity index (χ2n) is 3.09. The minimum absolute atomic E-state index is 0.743. The largest absolute Gasteiger partial charge is 0.265 e. The van der Waals surface area contributed by atoms with Crippen molar-refractivity contribution in [2.24, 2.45) is 0 Å². The molecule has 5 nitrogen and oxygen atoms in total. The average molecular weight is 197 g/mol. The van der Waals surface area contributed by atoms with Crippen LogP contribution < -0.4 is 0 Å². The topological polar surface area (TPSA) is 56.0 Å². The van der Waals surface area contributed by atoms with Gasteiger partial charge in [0.1, 0.15) is 6.33 Å². The summed E-state index contributed by atoms with van der Waals surface area (Å²) in [5, 5.41) is 12.0. The molecule has 0 amide bonds. The van der Waals surface area contributed by atoms with Crippen LogP contribution in [0.3, 0.4) is 0 Å². The molecule has 0 bridgehead atoms. The Balaban J connectivity index is 2.19. The van der Waals surface area contributed by atoms with Crippen LogP contribution in [-0.4, -0.2) is 24.8 Å². The molecule has 3 heterocycles. The normalized spacial score (nSPS) is 10.7. The summed E-state index contributed by atoms with van der Waals surface area (Å²) in [6, 6.07) is 7.63. The Morgan fingerprint density at radius 3 is 2.73 bits per heavy atom. The third-order valence-corrected chi connectivity index (χ3v) is 2.14. The van der Waals surface area contributed by atoms with Gasteiger partial charge < -0.3 is 0 Å². The first-order valence-corrected chi connectivity index (χ1v) is 4.51. The lowest BCUT2D eigenvalue weighted by Gasteiger charge is -1.99. The van der Waals surface area contributed by atoms with Crippen LogP contribution in [0, 0.1) is 0 Å². The predicted molar refractivity (Wildman–Crippen MR) is 54.0 cm³/mol. The molecule has 0 N–H and O–H groups in total. The van der Waals surface area contributed by atoms with Crippen molar-refractivity contribution in [1.82, 2.24) is 24.8 Å². The zero-order valence-corrected chi connectivity index (χ0v) is 7.78. The van der Waals surface area contributed by atoms with E-state index in [2.05, 4.69) is 20.3 Å². The number of pyridine rings is 1. The molecule has 0 saturated carbocycles. The summed E-state index contributed by atoms with van der Waals surface area (Å²) in [5.41, 5.74) is 2.65. The van der Waals surface area contributed by atoms with Crippen molar-refractivity contribution in [3.63, 3.8) is 0 Å². The van der Waals surface area contributed by atoms with Crippen LogP contribution in [0.4, 0.5) is 0 Å². The summed E-state index contributed by atoms with van der Waals surface area (Å²) >= 11 is 0. The van der Waals surface area contributed by atoms with Crippen molar-refractivity contribution in [1.29, 1.82) is 0 Å². The van der Waals surface area contributed by atoms with E-state index < -0.39 is 0 Å². The third kappa shape index (κ3) is 1.34. The minimum atomic E-state index is 0.743. The van der Waals surface area contributed by atoms with Crippen molar-refractivity contribution in [3.05, 3.63) is 43.0 Å². The summed E-state index contributed by atoms with van der Waals surface area (Å²) in [6.07, 6.45) is 5.07. The highest BCUT2D eigenvalue weighted by Crippen LogP contribution is 2.14. The summed E-state index contributed by atoms with van der Waals surface area (Å²) in [4.78, 5) is 3.96. The maximum atomic E-state index is 4.37. The standard InChI is InChI=1S/C10H7N5/c1-2-10-13-12-7-15(10)14-9(1)8-3-5-11-6-4-8/h1-7H. The Morgan fingerprint density at radius 1 is 1.00 bits per heavy atom. The van der Waals surface area contributed by atoms with E-state index in [4.69, 9.17) is 0 Å². The fraction of sp³-hybridized carbons (Fsp3) is 0. The van der Waals surface area contributed by atoms with Crippen LogP contribution >= 0.6 is 0 Å². The number of fused-ring (bicyclic) bond motifs is 1. The molecule has 0 atom stereocenters. The second kappa shape index (κ2) is 3.13. The van der Waals surface area contributed by atoms with Crippen LogP contribution in [0.15, 0.2) is 43.0 Å². The monoisotopic (exact) mass is 197 g/mol. The molecule has 0 radical (unpaired) electrons. The molecule has 3 aromatic heterocycles. The summed E-state index contributed by atoms with van der Waals surface area (Å²) < 4.78 is 1.65. The van der Waals surface area contributed by atoms with Gasteiger partial charge in [0.15, 0.2) is 5.65 Å². The van der Waals surface area contributed by atoms with Crippen LogP contribution in [0.5, 0.6) is 0 Å². The molecular weight excluding hydrogens is 190 g/mol. The molecule has 0 aliphatic heterocycles. The van der Waals surface area contributed by atoms with Crippen molar-refractivity contribution in [3.8, 4) is 11.3 Å². The number of hydrogen-bond acceptors (Lipinski definition) is 4. The minimum Gasteiger partial charge on any atom is -0.265 e. The summed E-state index contributed by atoms with van der Waals surface area (Å²) in [6.45, 7) is 0. The van der Waals surface area contributed by atoms with Gasteiger partial charge in [-0.05, 0) is 24.3 Å². The van der Waals surface area contributed by atoms with Gasteiger partial charge in [-0.25, -0.2) is 0 Å². The number of nitrogens with zero attached hydrogens (tertiary/aromatic N) is 5. The van der Waals surface area contributed by atoms with Gasteiger partial charge in [0.25, 0.3) is 0 Å². The van der Waals surface area contributed by atoms with Gasteiger partial charge in [0.05, 0.1) is 5.69 Å². The molecule has 0 aliphatic carbocycles. The van der Waals surface area contributed by atoms with Crippen molar-refractivity contribution in [2.45, 2.75) is 0 Å². The Kier molecular flexibility index (Phi) is 1.68. The molecule has 0 fully saturated rings. The first kappa shape index (κ1) is 8.05. The highest BCUT2D eigenvalue weighted by molar-refractivity contribution is 5.59. The first-order valence-electron chi connectivity index (χ1n) is 4.51. The van der Waals surface area contributed by atoms with Gasteiger partial charge in [-0.15, -0.1) is 10.2 Å². The molecule has 0 saturated heterocycles. The average Bonchev–Trinajstić information content (AvgIpc) is 2.77.